The Labute approximate surface area is 175 Å². The molecule has 0 radical (unpaired) electrons. The molecule has 2 amide bonds. The first-order chi connectivity index (χ1) is 13.6. The maximum absolute atomic E-state index is 12.2. The van der Waals surface area contributed by atoms with Gasteiger partial charge in [-0.05, 0) is 37.6 Å². The summed E-state index contributed by atoms with van der Waals surface area (Å²) in [5.41, 5.74) is 1.23. The Balaban J connectivity index is 1.43. The van der Waals surface area contributed by atoms with Crippen LogP contribution in [0.2, 0.25) is 10.0 Å². The van der Waals surface area contributed by atoms with E-state index in [4.69, 9.17) is 23.2 Å². The summed E-state index contributed by atoms with van der Waals surface area (Å²) in [5.74, 6) is 0.548. The number of carbonyl (C=O) groups excluding carboxylic acids is 1. The van der Waals surface area contributed by atoms with E-state index in [1.165, 1.54) is 24.6 Å². The van der Waals surface area contributed by atoms with Crippen molar-refractivity contribution < 1.29 is 4.79 Å². The molecular weight excluding hydrogens is 397 g/mol. The van der Waals surface area contributed by atoms with E-state index in [2.05, 4.69) is 38.0 Å². The molecule has 1 aromatic carbocycles. The van der Waals surface area contributed by atoms with Gasteiger partial charge in [0.15, 0.2) is 0 Å². The lowest BCUT2D eigenvalue weighted by molar-refractivity contribution is 0.221. The summed E-state index contributed by atoms with van der Waals surface area (Å²) in [5, 5.41) is 9.87. The second kappa shape index (κ2) is 10.5. The van der Waals surface area contributed by atoms with E-state index in [-0.39, 0.29) is 12.1 Å². The average Bonchev–Trinajstić information content (AvgIpc) is 3.22. The normalized spacial score (nSPS) is 15.2. The van der Waals surface area contributed by atoms with E-state index >= 15 is 0 Å². The number of aromatic nitrogens is 1. The van der Waals surface area contributed by atoms with Crippen molar-refractivity contribution in [2.75, 3.05) is 38.0 Å². The molecule has 3 rings (SSSR count). The number of nitrogens with one attached hydrogen (secondary N) is 3. The Bertz CT molecular complexity index is 768. The fraction of sp³-hybridized carbons (Fsp3) is 0.400. The number of benzene rings is 1. The van der Waals surface area contributed by atoms with E-state index in [0.29, 0.717) is 35.5 Å². The molecule has 1 unspecified atom stereocenters. The number of urea groups is 1. The highest BCUT2D eigenvalue weighted by Crippen LogP contribution is 2.24. The highest BCUT2D eigenvalue weighted by molar-refractivity contribution is 6.35. The number of hydrogen-bond acceptors (Lipinski definition) is 4. The molecule has 1 aliphatic rings. The zero-order chi connectivity index (χ0) is 19.8. The topological polar surface area (TPSA) is 69.3 Å². The van der Waals surface area contributed by atoms with Crippen LogP contribution in [0.25, 0.3) is 0 Å². The average molecular weight is 422 g/mol. The van der Waals surface area contributed by atoms with Crippen LogP contribution in [0.5, 0.6) is 0 Å². The maximum Gasteiger partial charge on any atom is 0.314 e. The highest BCUT2D eigenvalue weighted by Gasteiger charge is 2.23. The molecule has 28 heavy (non-hydrogen) atoms. The van der Waals surface area contributed by atoms with Gasteiger partial charge in [-0.15, -0.1) is 0 Å². The molecule has 1 fully saturated rings. The van der Waals surface area contributed by atoms with Gasteiger partial charge in [-0.3, -0.25) is 4.90 Å². The third-order valence-corrected chi connectivity index (χ3v) is 5.23. The molecule has 0 spiro atoms. The minimum absolute atomic E-state index is 0.183. The molecule has 0 bridgehead atoms. The second-order valence-corrected chi connectivity index (χ2v) is 7.56. The Morgan fingerprint density at radius 2 is 1.86 bits per heavy atom. The van der Waals surface area contributed by atoms with Gasteiger partial charge in [-0.2, -0.15) is 0 Å². The zero-order valence-corrected chi connectivity index (χ0v) is 17.1. The monoisotopic (exact) mass is 421 g/mol. The molecular formula is C20H25Cl2N5O. The van der Waals surface area contributed by atoms with Crippen LogP contribution in [0, 0.1) is 0 Å². The van der Waals surface area contributed by atoms with Gasteiger partial charge in [-0.1, -0.05) is 53.5 Å². The van der Waals surface area contributed by atoms with Crippen LogP contribution in [0.15, 0.2) is 42.6 Å². The number of carbonyl (C=O) groups is 1. The fourth-order valence-electron chi connectivity index (χ4n) is 3.34. The van der Waals surface area contributed by atoms with Crippen molar-refractivity contribution in [1.29, 1.82) is 0 Å². The van der Waals surface area contributed by atoms with E-state index in [9.17, 15) is 4.79 Å². The van der Waals surface area contributed by atoms with Crippen molar-refractivity contribution in [1.82, 2.24) is 20.5 Å². The summed E-state index contributed by atoms with van der Waals surface area (Å²) < 4.78 is 0. The first-order valence-electron chi connectivity index (χ1n) is 9.49. The molecule has 2 heterocycles. The largest absolute Gasteiger partial charge is 0.367 e. The zero-order valence-electron chi connectivity index (χ0n) is 15.6. The van der Waals surface area contributed by atoms with Crippen molar-refractivity contribution >= 4 is 35.1 Å². The molecule has 1 saturated heterocycles. The first-order valence-corrected chi connectivity index (χ1v) is 10.2. The Morgan fingerprint density at radius 1 is 1.11 bits per heavy atom. The third kappa shape index (κ3) is 5.99. The van der Waals surface area contributed by atoms with Crippen LogP contribution in [-0.4, -0.2) is 48.6 Å². The van der Waals surface area contributed by atoms with Crippen molar-refractivity contribution in [3.63, 3.8) is 0 Å². The standard InChI is InChI=1S/C20H25Cl2N5O/c21-16-12-17(22)19(25-13-16)23-8-9-24-20(28)26-14-18(27-10-4-5-11-27)15-6-2-1-3-7-15/h1-3,6-7,12-13,18H,4-5,8-11,14H2,(H,23,25)(H2,24,26,28). The lowest BCUT2D eigenvalue weighted by atomic mass is 10.1. The Hall–Kier alpha value is -2.02. The maximum atomic E-state index is 12.2. The molecule has 2 aromatic rings. The lowest BCUT2D eigenvalue weighted by Gasteiger charge is -2.28. The van der Waals surface area contributed by atoms with Gasteiger partial charge >= 0.3 is 6.03 Å². The summed E-state index contributed by atoms with van der Waals surface area (Å²) in [6.07, 6.45) is 3.95. The third-order valence-electron chi connectivity index (χ3n) is 4.73. The van der Waals surface area contributed by atoms with Crippen molar-refractivity contribution in [2.45, 2.75) is 18.9 Å². The summed E-state index contributed by atoms with van der Waals surface area (Å²) in [7, 11) is 0. The van der Waals surface area contributed by atoms with E-state index in [1.807, 2.05) is 18.2 Å². The predicted octanol–water partition coefficient (Wildman–Crippen LogP) is 3.94. The van der Waals surface area contributed by atoms with Crippen LogP contribution in [0.3, 0.4) is 0 Å². The molecule has 3 N–H and O–H groups in total. The Morgan fingerprint density at radius 3 is 2.57 bits per heavy atom. The molecule has 8 heteroatoms. The first kappa shape index (κ1) is 20.7. The van der Waals surface area contributed by atoms with Crippen molar-refractivity contribution in [3.05, 3.63) is 58.2 Å². The number of halogens is 2. The molecule has 1 aromatic heterocycles. The van der Waals surface area contributed by atoms with Gasteiger partial charge in [0.2, 0.25) is 0 Å². The number of hydrogen-bond donors (Lipinski definition) is 3. The summed E-state index contributed by atoms with van der Waals surface area (Å²) >= 11 is 11.9. The van der Waals surface area contributed by atoms with Crippen LogP contribution >= 0.6 is 23.2 Å². The Kier molecular flexibility index (Phi) is 7.77. The van der Waals surface area contributed by atoms with Crippen molar-refractivity contribution in [3.8, 4) is 0 Å². The molecule has 6 nitrogen and oxygen atoms in total. The van der Waals surface area contributed by atoms with E-state index < -0.39 is 0 Å². The van der Waals surface area contributed by atoms with Crippen molar-refractivity contribution in [2.24, 2.45) is 0 Å². The van der Waals surface area contributed by atoms with Crippen LogP contribution in [-0.2, 0) is 0 Å². The quantitative estimate of drug-likeness (QED) is 0.564. The predicted molar refractivity (Wildman–Crippen MR) is 114 cm³/mol. The number of likely N-dealkylation sites (tertiary alicyclic amines) is 1. The summed E-state index contributed by atoms with van der Waals surface area (Å²) in [6, 6.07) is 12.0. The SMILES string of the molecule is O=C(NCCNc1ncc(Cl)cc1Cl)NCC(c1ccccc1)N1CCCC1. The second-order valence-electron chi connectivity index (χ2n) is 6.72. The number of nitrogens with zero attached hydrogens (tertiary/aromatic N) is 2. The van der Waals surface area contributed by atoms with Gasteiger partial charge in [0, 0.05) is 25.8 Å². The van der Waals surface area contributed by atoms with E-state index in [0.717, 1.165) is 13.1 Å². The molecule has 1 atom stereocenters. The smallest absolute Gasteiger partial charge is 0.314 e. The minimum Gasteiger partial charge on any atom is -0.367 e. The minimum atomic E-state index is -0.183. The number of rotatable bonds is 8. The van der Waals surface area contributed by atoms with Crippen LogP contribution < -0.4 is 16.0 Å². The van der Waals surface area contributed by atoms with Gasteiger partial charge in [0.05, 0.1) is 16.1 Å². The molecule has 1 aliphatic heterocycles. The van der Waals surface area contributed by atoms with Gasteiger partial charge in [0.1, 0.15) is 5.82 Å². The molecule has 150 valence electrons. The van der Waals surface area contributed by atoms with Gasteiger partial charge < -0.3 is 16.0 Å². The summed E-state index contributed by atoms with van der Waals surface area (Å²) in [6.45, 7) is 3.68. The lowest BCUT2D eigenvalue weighted by Crippen LogP contribution is -2.42. The fourth-order valence-corrected chi connectivity index (χ4v) is 3.79. The van der Waals surface area contributed by atoms with Crippen LogP contribution in [0.4, 0.5) is 10.6 Å². The van der Waals surface area contributed by atoms with Gasteiger partial charge in [-0.25, -0.2) is 9.78 Å². The summed E-state index contributed by atoms with van der Waals surface area (Å²) in [4.78, 5) is 18.7. The molecule has 0 aliphatic carbocycles. The number of pyridine rings is 1. The van der Waals surface area contributed by atoms with E-state index in [1.54, 1.807) is 6.07 Å². The number of amides is 2. The number of anilines is 1. The van der Waals surface area contributed by atoms with Crippen LogP contribution in [0.1, 0.15) is 24.4 Å². The highest BCUT2D eigenvalue weighted by atomic mass is 35.5. The molecule has 0 saturated carbocycles. The van der Waals surface area contributed by atoms with Gasteiger partial charge in [0.25, 0.3) is 0 Å².